The number of piperidine rings is 1. The second kappa shape index (κ2) is 7.26. The molecule has 5 atom stereocenters. The molecule has 1 aliphatic carbocycles. The van der Waals surface area contributed by atoms with E-state index in [0.717, 1.165) is 18.5 Å². The topological polar surface area (TPSA) is 52.6 Å². The van der Waals surface area contributed by atoms with E-state index in [2.05, 4.69) is 47.5 Å². The first-order chi connectivity index (χ1) is 14.1. The van der Waals surface area contributed by atoms with Gasteiger partial charge in [0.05, 0.1) is 5.56 Å². The number of hydrogen-bond donors (Lipinski definition) is 2. The third kappa shape index (κ3) is 3.19. The molecule has 2 saturated heterocycles. The van der Waals surface area contributed by atoms with E-state index in [0.29, 0.717) is 29.7 Å². The van der Waals surface area contributed by atoms with E-state index < -0.39 is 5.97 Å². The highest BCUT2D eigenvalue weighted by atomic mass is 16.4. The molecule has 3 aliphatic rings. The van der Waals surface area contributed by atoms with Crippen molar-refractivity contribution in [2.45, 2.75) is 69.7 Å². The number of carboxylic acid groups (broad SMARTS) is 1. The maximum Gasteiger partial charge on any atom is 0.336 e. The smallest absolute Gasteiger partial charge is 0.336 e. The minimum atomic E-state index is -0.825. The summed E-state index contributed by atoms with van der Waals surface area (Å²) in [5.41, 5.74) is 3.05. The zero-order valence-electron chi connectivity index (χ0n) is 17.1. The van der Waals surface area contributed by atoms with Crippen LogP contribution in [0.1, 0.15) is 54.1 Å². The molecule has 2 aromatic carbocycles. The molecule has 2 aliphatic heterocycles. The highest BCUT2D eigenvalue weighted by molar-refractivity contribution is 5.89. The number of benzene rings is 2. The Morgan fingerprint density at radius 1 is 1.14 bits per heavy atom. The second-order valence-corrected chi connectivity index (χ2v) is 9.37. The summed E-state index contributed by atoms with van der Waals surface area (Å²) < 4.78 is 0. The zero-order valence-corrected chi connectivity index (χ0v) is 17.1. The van der Waals surface area contributed by atoms with Gasteiger partial charge < -0.3 is 10.4 Å². The molecule has 0 amide bonds. The summed E-state index contributed by atoms with van der Waals surface area (Å²) >= 11 is 0. The molecular formula is C25H30N2O2. The number of carboxylic acids is 1. The number of nitrogens with one attached hydrogen (secondary N) is 1. The van der Waals surface area contributed by atoms with E-state index >= 15 is 0 Å². The molecule has 29 heavy (non-hydrogen) atoms. The van der Waals surface area contributed by atoms with Gasteiger partial charge in [0, 0.05) is 30.7 Å². The van der Waals surface area contributed by atoms with E-state index in [9.17, 15) is 9.90 Å². The van der Waals surface area contributed by atoms with Crippen LogP contribution in [0.2, 0.25) is 0 Å². The van der Waals surface area contributed by atoms with Crippen LogP contribution in [-0.4, -0.2) is 40.1 Å². The van der Waals surface area contributed by atoms with E-state index in [-0.39, 0.29) is 5.41 Å². The van der Waals surface area contributed by atoms with Crippen LogP contribution in [-0.2, 0) is 13.0 Å². The molecule has 4 heteroatoms. The predicted molar refractivity (Wildman–Crippen MR) is 114 cm³/mol. The first-order valence-corrected chi connectivity index (χ1v) is 10.9. The lowest BCUT2D eigenvalue weighted by molar-refractivity contribution is 0.0689. The van der Waals surface area contributed by atoms with Crippen LogP contribution in [0.5, 0.6) is 0 Å². The number of hydrogen-bond acceptors (Lipinski definition) is 3. The summed E-state index contributed by atoms with van der Waals surface area (Å²) in [6, 6.07) is 20.2. The monoisotopic (exact) mass is 390 g/mol. The Morgan fingerprint density at radius 2 is 1.90 bits per heavy atom. The molecule has 0 spiro atoms. The first-order valence-electron chi connectivity index (χ1n) is 10.9. The average Bonchev–Trinajstić information content (AvgIpc) is 3.01. The van der Waals surface area contributed by atoms with Crippen molar-refractivity contribution in [1.82, 2.24) is 10.2 Å². The number of carbonyl (C=O) groups is 1. The Balaban J connectivity index is 1.48. The number of rotatable bonds is 5. The van der Waals surface area contributed by atoms with E-state index in [1.165, 1.54) is 31.2 Å². The Kier molecular flexibility index (Phi) is 4.72. The van der Waals surface area contributed by atoms with E-state index in [1.54, 1.807) is 6.07 Å². The van der Waals surface area contributed by atoms with Gasteiger partial charge in [-0.05, 0) is 48.3 Å². The summed E-state index contributed by atoms with van der Waals surface area (Å²) in [4.78, 5) is 14.4. The average molecular weight is 391 g/mol. The van der Waals surface area contributed by atoms with Crippen molar-refractivity contribution in [3.05, 3.63) is 71.3 Å². The number of fused-ring (bicyclic) bond motifs is 1. The molecule has 0 aromatic heterocycles. The van der Waals surface area contributed by atoms with Crippen LogP contribution >= 0.6 is 0 Å². The normalized spacial score (nSPS) is 33.6. The lowest BCUT2D eigenvalue weighted by Crippen LogP contribution is -2.58. The van der Waals surface area contributed by atoms with Gasteiger partial charge in [-0.25, -0.2) is 4.79 Å². The van der Waals surface area contributed by atoms with Gasteiger partial charge in [-0.2, -0.15) is 0 Å². The number of nitrogens with zero attached hydrogens (tertiary/aromatic N) is 1. The summed E-state index contributed by atoms with van der Waals surface area (Å²) in [6.45, 7) is 3.19. The summed E-state index contributed by atoms with van der Waals surface area (Å²) in [5, 5.41) is 13.7. The van der Waals surface area contributed by atoms with Gasteiger partial charge in [-0.15, -0.1) is 0 Å². The molecule has 5 rings (SSSR count). The molecular weight excluding hydrogens is 360 g/mol. The van der Waals surface area contributed by atoms with Gasteiger partial charge in [0.2, 0.25) is 0 Å². The highest BCUT2D eigenvalue weighted by Gasteiger charge is 2.59. The Labute approximate surface area is 172 Å². The van der Waals surface area contributed by atoms with Crippen molar-refractivity contribution in [3.8, 4) is 0 Å². The van der Waals surface area contributed by atoms with E-state index in [1.807, 2.05) is 18.2 Å². The lowest BCUT2D eigenvalue weighted by atomic mass is 9.65. The maximum atomic E-state index is 11.8. The Bertz CT molecular complexity index is 899. The summed E-state index contributed by atoms with van der Waals surface area (Å²) in [6.07, 6.45) is 5.97. The molecule has 4 nitrogen and oxygen atoms in total. The fourth-order valence-electron chi connectivity index (χ4n) is 6.40. The molecule has 2 N–H and O–H groups in total. The Hall–Kier alpha value is -2.17. The number of aromatic carboxylic acids is 1. The fraction of sp³-hybridized carbons (Fsp3) is 0.480. The van der Waals surface area contributed by atoms with Crippen LogP contribution in [0.4, 0.5) is 0 Å². The van der Waals surface area contributed by atoms with Gasteiger partial charge in [0.15, 0.2) is 0 Å². The zero-order chi connectivity index (χ0) is 20.0. The van der Waals surface area contributed by atoms with Crippen molar-refractivity contribution in [2.75, 3.05) is 0 Å². The molecule has 2 heterocycles. The molecule has 0 unspecified atom stereocenters. The molecule has 0 radical (unpaired) electrons. The van der Waals surface area contributed by atoms with E-state index in [4.69, 9.17) is 0 Å². The van der Waals surface area contributed by atoms with Crippen LogP contribution in [0.3, 0.4) is 0 Å². The van der Waals surface area contributed by atoms with Gasteiger partial charge >= 0.3 is 5.97 Å². The van der Waals surface area contributed by atoms with Crippen molar-refractivity contribution in [3.63, 3.8) is 0 Å². The van der Waals surface area contributed by atoms with Crippen molar-refractivity contribution in [2.24, 2.45) is 5.41 Å². The first kappa shape index (κ1) is 18.8. The SMILES string of the molecule is C[C@@]12C[C@H]3[C@H](Cc4ccccc4)N[C@@H]1CCC[C@@H]2N3Cc1ccccc1C(=O)O. The number of likely N-dealkylation sites (tertiary alicyclic amines) is 1. The fourth-order valence-corrected chi connectivity index (χ4v) is 6.40. The van der Waals surface area contributed by atoms with Gasteiger partial charge in [0.25, 0.3) is 0 Å². The quantitative estimate of drug-likeness (QED) is 0.807. The molecule has 2 bridgehead atoms. The Morgan fingerprint density at radius 3 is 2.69 bits per heavy atom. The van der Waals surface area contributed by atoms with Gasteiger partial charge in [-0.3, -0.25) is 4.90 Å². The standard InChI is InChI=1S/C25H30N2O2/c1-25-15-21-20(14-17-8-3-2-4-9-17)26-22(25)12-7-13-23(25)27(21)16-18-10-5-6-11-19(18)24(28)29/h2-6,8-11,20-23,26H,7,12-16H2,1H3,(H,28,29)/t20-,21-,22+,23-,25+/m0/s1. The highest BCUT2D eigenvalue weighted by Crippen LogP contribution is 2.53. The third-order valence-corrected chi connectivity index (χ3v) is 7.78. The van der Waals surface area contributed by atoms with Crippen LogP contribution in [0, 0.1) is 5.41 Å². The molecule has 2 aromatic rings. The van der Waals surface area contributed by atoms with Crippen LogP contribution in [0.25, 0.3) is 0 Å². The van der Waals surface area contributed by atoms with Crippen molar-refractivity contribution < 1.29 is 9.90 Å². The molecule has 3 fully saturated rings. The lowest BCUT2D eigenvalue weighted by Gasteiger charge is -2.47. The minimum absolute atomic E-state index is 0.286. The second-order valence-electron chi connectivity index (χ2n) is 9.37. The van der Waals surface area contributed by atoms with Gasteiger partial charge in [0.1, 0.15) is 0 Å². The molecule has 1 saturated carbocycles. The minimum Gasteiger partial charge on any atom is -0.478 e. The van der Waals surface area contributed by atoms with Gasteiger partial charge in [-0.1, -0.05) is 61.9 Å². The van der Waals surface area contributed by atoms with Crippen LogP contribution < -0.4 is 5.32 Å². The largest absolute Gasteiger partial charge is 0.478 e. The summed E-state index contributed by atoms with van der Waals surface area (Å²) in [5.74, 6) is -0.825. The third-order valence-electron chi connectivity index (χ3n) is 7.78. The van der Waals surface area contributed by atoms with Crippen molar-refractivity contribution >= 4 is 5.97 Å². The van der Waals surface area contributed by atoms with Crippen LogP contribution in [0.15, 0.2) is 54.6 Å². The maximum absolute atomic E-state index is 11.8. The predicted octanol–water partition coefficient (Wildman–Crippen LogP) is 4.10. The van der Waals surface area contributed by atoms with Crippen molar-refractivity contribution in [1.29, 1.82) is 0 Å². The summed E-state index contributed by atoms with van der Waals surface area (Å²) in [7, 11) is 0. The molecule has 152 valence electrons.